The molecule has 1 aliphatic heterocycles. The molecule has 25 heavy (non-hydrogen) atoms. The Balaban J connectivity index is 1.40. The van der Waals surface area contributed by atoms with E-state index in [9.17, 15) is 9.90 Å². The van der Waals surface area contributed by atoms with Crippen molar-refractivity contribution in [2.45, 2.75) is 44.8 Å². The molecule has 1 saturated carbocycles. The first kappa shape index (κ1) is 16.5. The maximum Gasteiger partial charge on any atom is 0.228 e. The Morgan fingerprint density at radius 2 is 2.16 bits per heavy atom. The standard InChI is InChI=1S/C19H24N2O4/c1-2-24-17-12-16(22)19(17)7-9-21(10-8-19)18(23)11-14-13-5-3-4-6-15(13)25-20-14/h3-6,16-17,22H,2,7-12H2,1H3/t16-,17-/m1/s1. The van der Waals surface area contributed by atoms with E-state index in [1.807, 2.05) is 36.1 Å². The Hall–Kier alpha value is -1.92. The Morgan fingerprint density at radius 3 is 2.88 bits per heavy atom. The fraction of sp³-hybridized carbons (Fsp3) is 0.579. The number of hydrogen-bond donors (Lipinski definition) is 1. The number of para-hydroxylation sites is 1. The van der Waals surface area contributed by atoms with Gasteiger partial charge in [0.15, 0.2) is 5.58 Å². The summed E-state index contributed by atoms with van der Waals surface area (Å²) in [5.74, 6) is 0.0654. The molecule has 1 saturated heterocycles. The number of rotatable bonds is 4. The maximum absolute atomic E-state index is 12.7. The second kappa shape index (κ2) is 6.42. The minimum absolute atomic E-state index is 0.0654. The van der Waals surface area contributed by atoms with Crippen LogP contribution in [0.3, 0.4) is 0 Å². The molecule has 1 spiro atoms. The zero-order valence-corrected chi connectivity index (χ0v) is 14.5. The lowest BCUT2D eigenvalue weighted by Crippen LogP contribution is -2.62. The van der Waals surface area contributed by atoms with Gasteiger partial charge in [-0.25, -0.2) is 0 Å². The van der Waals surface area contributed by atoms with E-state index in [4.69, 9.17) is 9.26 Å². The number of benzene rings is 1. The summed E-state index contributed by atoms with van der Waals surface area (Å²) in [5, 5.41) is 15.2. The average molecular weight is 344 g/mol. The summed E-state index contributed by atoms with van der Waals surface area (Å²) >= 11 is 0. The predicted molar refractivity (Wildman–Crippen MR) is 92.0 cm³/mol. The summed E-state index contributed by atoms with van der Waals surface area (Å²) in [7, 11) is 0. The fourth-order valence-electron chi connectivity index (χ4n) is 4.31. The molecule has 1 N–H and O–H groups in total. The molecule has 1 aromatic heterocycles. The molecule has 2 aliphatic rings. The minimum atomic E-state index is -0.305. The van der Waals surface area contributed by atoms with Crippen molar-refractivity contribution in [3.8, 4) is 0 Å². The van der Waals surface area contributed by atoms with Crippen LogP contribution >= 0.6 is 0 Å². The van der Waals surface area contributed by atoms with E-state index in [0.717, 1.165) is 18.2 Å². The van der Waals surface area contributed by atoms with Crippen molar-refractivity contribution in [3.63, 3.8) is 0 Å². The van der Waals surface area contributed by atoms with Crippen LogP contribution in [-0.2, 0) is 16.0 Å². The van der Waals surface area contributed by atoms with Crippen LogP contribution in [0.15, 0.2) is 28.8 Å². The first-order valence-corrected chi connectivity index (χ1v) is 9.05. The van der Waals surface area contributed by atoms with E-state index in [1.165, 1.54) is 0 Å². The molecule has 0 radical (unpaired) electrons. The van der Waals surface area contributed by atoms with Crippen molar-refractivity contribution in [1.29, 1.82) is 0 Å². The molecule has 0 unspecified atom stereocenters. The number of nitrogens with zero attached hydrogens (tertiary/aromatic N) is 2. The monoisotopic (exact) mass is 344 g/mol. The molecule has 1 aliphatic carbocycles. The zero-order chi connectivity index (χ0) is 17.4. The van der Waals surface area contributed by atoms with Crippen molar-refractivity contribution in [2.24, 2.45) is 5.41 Å². The van der Waals surface area contributed by atoms with Gasteiger partial charge < -0.3 is 19.3 Å². The summed E-state index contributed by atoms with van der Waals surface area (Å²) in [6, 6.07) is 7.59. The van der Waals surface area contributed by atoms with Gasteiger partial charge in [0.05, 0.1) is 18.6 Å². The quantitative estimate of drug-likeness (QED) is 0.920. The minimum Gasteiger partial charge on any atom is -0.392 e. The number of aliphatic hydroxyl groups excluding tert-OH is 1. The molecule has 4 rings (SSSR count). The lowest BCUT2D eigenvalue weighted by molar-refractivity contribution is -0.210. The predicted octanol–water partition coefficient (Wildman–Crippen LogP) is 2.15. The second-order valence-corrected chi connectivity index (χ2v) is 7.11. The number of fused-ring (bicyclic) bond motifs is 1. The molecule has 2 aromatic rings. The van der Waals surface area contributed by atoms with Gasteiger partial charge in [-0.15, -0.1) is 0 Å². The molecule has 6 nitrogen and oxygen atoms in total. The van der Waals surface area contributed by atoms with Gasteiger partial charge in [0.25, 0.3) is 0 Å². The van der Waals surface area contributed by atoms with Crippen LogP contribution in [-0.4, -0.2) is 53.0 Å². The summed E-state index contributed by atoms with van der Waals surface area (Å²) < 4.78 is 11.1. The van der Waals surface area contributed by atoms with Crippen molar-refractivity contribution >= 4 is 16.9 Å². The normalized spacial score (nSPS) is 25.3. The number of hydrogen-bond acceptors (Lipinski definition) is 5. The van der Waals surface area contributed by atoms with E-state index in [2.05, 4.69) is 5.16 Å². The van der Waals surface area contributed by atoms with Crippen molar-refractivity contribution in [1.82, 2.24) is 10.1 Å². The van der Waals surface area contributed by atoms with Crippen molar-refractivity contribution < 1.29 is 19.2 Å². The van der Waals surface area contributed by atoms with E-state index < -0.39 is 0 Å². The van der Waals surface area contributed by atoms with Crippen LogP contribution in [0, 0.1) is 5.41 Å². The summed E-state index contributed by atoms with van der Waals surface area (Å²) in [6.45, 7) is 3.98. The highest BCUT2D eigenvalue weighted by molar-refractivity contribution is 5.86. The molecular formula is C19H24N2O4. The largest absolute Gasteiger partial charge is 0.392 e. The lowest BCUT2D eigenvalue weighted by Gasteiger charge is -2.56. The van der Waals surface area contributed by atoms with Gasteiger partial charge in [0.1, 0.15) is 5.69 Å². The highest BCUT2D eigenvalue weighted by Crippen LogP contribution is 2.50. The zero-order valence-electron chi connectivity index (χ0n) is 14.5. The number of amides is 1. The van der Waals surface area contributed by atoms with E-state index in [-0.39, 0.29) is 30.0 Å². The van der Waals surface area contributed by atoms with Crippen LogP contribution in [0.1, 0.15) is 31.9 Å². The van der Waals surface area contributed by atoms with E-state index >= 15 is 0 Å². The van der Waals surface area contributed by atoms with Gasteiger partial charge in [-0.3, -0.25) is 4.79 Å². The first-order chi connectivity index (χ1) is 12.1. The Bertz CT molecular complexity index is 762. The van der Waals surface area contributed by atoms with Gasteiger partial charge in [0.2, 0.25) is 5.91 Å². The third-order valence-corrected chi connectivity index (χ3v) is 5.93. The maximum atomic E-state index is 12.7. The Morgan fingerprint density at radius 1 is 1.40 bits per heavy atom. The average Bonchev–Trinajstić information content (AvgIpc) is 3.05. The van der Waals surface area contributed by atoms with Gasteiger partial charge in [0, 0.05) is 36.9 Å². The summed E-state index contributed by atoms with van der Waals surface area (Å²) in [4.78, 5) is 14.5. The third-order valence-electron chi connectivity index (χ3n) is 5.93. The smallest absolute Gasteiger partial charge is 0.228 e. The lowest BCUT2D eigenvalue weighted by atomic mass is 9.58. The highest BCUT2D eigenvalue weighted by Gasteiger charge is 2.56. The van der Waals surface area contributed by atoms with Gasteiger partial charge in [-0.05, 0) is 31.9 Å². The SMILES string of the molecule is CCO[C@@H]1C[C@@H](O)C12CCN(C(=O)Cc1noc3ccccc13)CC2. The van der Waals surface area contributed by atoms with E-state index in [0.29, 0.717) is 37.4 Å². The third kappa shape index (κ3) is 2.73. The molecule has 2 heterocycles. The number of carbonyl (C=O) groups excluding carboxylic acids is 1. The molecule has 2 atom stereocenters. The molecule has 134 valence electrons. The number of aliphatic hydroxyl groups is 1. The highest BCUT2D eigenvalue weighted by atomic mass is 16.5. The summed E-state index contributed by atoms with van der Waals surface area (Å²) in [5.41, 5.74) is 1.24. The Labute approximate surface area is 146 Å². The number of likely N-dealkylation sites (tertiary alicyclic amines) is 1. The van der Waals surface area contributed by atoms with Gasteiger partial charge in [-0.1, -0.05) is 17.3 Å². The van der Waals surface area contributed by atoms with Crippen LogP contribution < -0.4 is 0 Å². The Kier molecular flexibility index (Phi) is 4.25. The van der Waals surface area contributed by atoms with Crippen LogP contribution in [0.25, 0.3) is 11.0 Å². The molecule has 1 aromatic carbocycles. The fourth-order valence-corrected chi connectivity index (χ4v) is 4.31. The van der Waals surface area contributed by atoms with Gasteiger partial charge in [-0.2, -0.15) is 0 Å². The number of ether oxygens (including phenoxy) is 1. The molecule has 2 fully saturated rings. The number of aromatic nitrogens is 1. The summed E-state index contributed by atoms with van der Waals surface area (Å²) in [6.07, 6.45) is 2.38. The molecule has 0 bridgehead atoms. The van der Waals surface area contributed by atoms with Crippen LogP contribution in [0.4, 0.5) is 0 Å². The molecule has 1 amide bonds. The van der Waals surface area contributed by atoms with Crippen LogP contribution in [0.2, 0.25) is 0 Å². The topological polar surface area (TPSA) is 75.8 Å². The number of carbonyl (C=O) groups is 1. The number of piperidine rings is 1. The first-order valence-electron chi connectivity index (χ1n) is 9.05. The van der Waals surface area contributed by atoms with Gasteiger partial charge >= 0.3 is 0 Å². The van der Waals surface area contributed by atoms with E-state index in [1.54, 1.807) is 0 Å². The van der Waals surface area contributed by atoms with Crippen LogP contribution in [0.5, 0.6) is 0 Å². The molecule has 6 heteroatoms. The van der Waals surface area contributed by atoms with Crippen molar-refractivity contribution in [3.05, 3.63) is 30.0 Å². The van der Waals surface area contributed by atoms with Crippen molar-refractivity contribution in [2.75, 3.05) is 19.7 Å². The molecular weight excluding hydrogens is 320 g/mol. The second-order valence-electron chi connectivity index (χ2n) is 7.11.